The maximum atomic E-state index is 3.34. The first-order chi connectivity index (χ1) is 7.62. The molecule has 1 nitrogen and oxygen atoms in total. The Bertz CT molecular complexity index is 465. The van der Waals surface area contributed by atoms with Gasteiger partial charge in [0, 0.05) is 17.1 Å². The predicted molar refractivity (Wildman–Crippen MR) is 70.7 cm³/mol. The van der Waals surface area contributed by atoms with E-state index in [9.17, 15) is 0 Å². The zero-order valence-corrected chi connectivity index (χ0v) is 10.5. The Hall–Kier alpha value is -1.24. The minimum Gasteiger partial charge on any atom is -0.361 e. The van der Waals surface area contributed by atoms with Crippen LogP contribution in [0.5, 0.6) is 0 Å². The normalized spacial score (nSPS) is 12.2. The summed E-state index contributed by atoms with van der Waals surface area (Å²) in [5.41, 5.74) is 3.17. The van der Waals surface area contributed by atoms with Crippen LogP contribution in [0.2, 0.25) is 0 Å². The Morgan fingerprint density at radius 1 is 1.19 bits per heavy atom. The highest BCUT2D eigenvalue weighted by molar-refractivity contribution is 5.82. The van der Waals surface area contributed by atoms with Gasteiger partial charge in [0.15, 0.2) is 0 Å². The molecule has 1 aromatic heterocycles. The van der Waals surface area contributed by atoms with Gasteiger partial charge in [-0.25, -0.2) is 0 Å². The van der Waals surface area contributed by atoms with Gasteiger partial charge < -0.3 is 4.98 Å². The molecular formula is C15H21N. The van der Waals surface area contributed by atoms with Crippen molar-refractivity contribution in [3.63, 3.8) is 0 Å². The summed E-state index contributed by atoms with van der Waals surface area (Å²) in [4.78, 5) is 3.34. The highest BCUT2D eigenvalue weighted by Crippen LogP contribution is 2.28. The van der Waals surface area contributed by atoms with E-state index in [1.165, 1.54) is 35.7 Å². The zero-order chi connectivity index (χ0) is 11.6. The molecule has 16 heavy (non-hydrogen) atoms. The van der Waals surface area contributed by atoms with Gasteiger partial charge in [0.05, 0.1) is 0 Å². The van der Waals surface area contributed by atoms with Crippen LogP contribution in [0.3, 0.4) is 0 Å². The third-order valence-corrected chi connectivity index (χ3v) is 3.70. The minimum atomic E-state index is 0.457. The molecule has 0 radical (unpaired) electrons. The monoisotopic (exact) mass is 215 g/mol. The highest BCUT2D eigenvalue weighted by atomic mass is 14.7. The minimum absolute atomic E-state index is 0.457. The second-order valence-electron chi connectivity index (χ2n) is 5.38. The van der Waals surface area contributed by atoms with E-state index in [-0.39, 0.29) is 0 Å². The number of aromatic amines is 1. The van der Waals surface area contributed by atoms with Crippen LogP contribution in [0.25, 0.3) is 10.9 Å². The van der Waals surface area contributed by atoms with Crippen LogP contribution in [0.1, 0.15) is 39.2 Å². The number of benzene rings is 1. The third-order valence-electron chi connectivity index (χ3n) is 3.70. The van der Waals surface area contributed by atoms with Gasteiger partial charge in [-0.05, 0) is 29.9 Å². The number of nitrogens with one attached hydrogen (secondary N) is 1. The fourth-order valence-corrected chi connectivity index (χ4v) is 1.99. The summed E-state index contributed by atoms with van der Waals surface area (Å²) in [5, 5.41) is 1.38. The van der Waals surface area contributed by atoms with Crippen molar-refractivity contribution in [3.8, 4) is 0 Å². The number of rotatable bonds is 4. The van der Waals surface area contributed by atoms with Crippen molar-refractivity contribution in [2.45, 2.75) is 40.0 Å². The Morgan fingerprint density at radius 2 is 1.94 bits per heavy atom. The summed E-state index contributed by atoms with van der Waals surface area (Å²) >= 11 is 0. The van der Waals surface area contributed by atoms with E-state index in [0.717, 1.165) is 0 Å². The Kier molecular flexibility index (Phi) is 3.04. The first-order valence-corrected chi connectivity index (χ1v) is 6.17. The lowest BCUT2D eigenvalue weighted by Gasteiger charge is -2.22. The molecule has 0 saturated heterocycles. The van der Waals surface area contributed by atoms with Crippen LogP contribution in [-0.4, -0.2) is 4.98 Å². The molecule has 0 amide bonds. The Morgan fingerprint density at radius 3 is 2.69 bits per heavy atom. The molecular weight excluding hydrogens is 194 g/mol. The van der Waals surface area contributed by atoms with E-state index < -0.39 is 0 Å². The lowest BCUT2D eigenvalue weighted by molar-refractivity contribution is 0.323. The topological polar surface area (TPSA) is 15.8 Å². The number of aryl methyl sites for hydroxylation is 1. The van der Waals surface area contributed by atoms with Gasteiger partial charge in [0.25, 0.3) is 0 Å². The highest BCUT2D eigenvalue weighted by Gasteiger charge is 2.15. The fourth-order valence-electron chi connectivity index (χ4n) is 1.99. The Labute approximate surface area is 97.9 Å². The number of hydrogen-bond acceptors (Lipinski definition) is 0. The van der Waals surface area contributed by atoms with Gasteiger partial charge in [0.2, 0.25) is 0 Å². The first-order valence-electron chi connectivity index (χ1n) is 6.17. The molecule has 0 bridgehead atoms. The van der Waals surface area contributed by atoms with Crippen LogP contribution in [0.4, 0.5) is 0 Å². The van der Waals surface area contributed by atoms with Crippen molar-refractivity contribution in [2.24, 2.45) is 5.41 Å². The van der Waals surface area contributed by atoms with Gasteiger partial charge in [-0.15, -0.1) is 0 Å². The molecule has 0 saturated carbocycles. The molecule has 1 heteroatoms. The van der Waals surface area contributed by atoms with Crippen molar-refractivity contribution in [1.29, 1.82) is 0 Å². The summed E-state index contributed by atoms with van der Waals surface area (Å²) in [7, 11) is 0. The third kappa shape index (κ3) is 2.29. The van der Waals surface area contributed by atoms with Gasteiger partial charge in [0.1, 0.15) is 0 Å². The molecule has 2 aromatic rings. The number of H-pyrrole nitrogens is 1. The van der Waals surface area contributed by atoms with E-state index in [1.54, 1.807) is 0 Å². The second kappa shape index (κ2) is 4.32. The van der Waals surface area contributed by atoms with Crippen LogP contribution in [0.15, 0.2) is 30.5 Å². The SMILES string of the molecule is CCC(C)(C)CCc1c[nH]c2ccccc12. The number of hydrogen-bond donors (Lipinski definition) is 1. The molecule has 1 aromatic carbocycles. The van der Waals surface area contributed by atoms with Crippen molar-refractivity contribution in [1.82, 2.24) is 4.98 Å². The number of aromatic nitrogens is 1. The summed E-state index contributed by atoms with van der Waals surface area (Å²) < 4.78 is 0. The second-order valence-corrected chi connectivity index (χ2v) is 5.38. The van der Waals surface area contributed by atoms with Crippen LogP contribution >= 0.6 is 0 Å². The maximum Gasteiger partial charge on any atom is 0.0456 e. The van der Waals surface area contributed by atoms with Crippen molar-refractivity contribution in [3.05, 3.63) is 36.0 Å². The van der Waals surface area contributed by atoms with Crippen LogP contribution < -0.4 is 0 Å². The van der Waals surface area contributed by atoms with Crippen molar-refractivity contribution >= 4 is 10.9 Å². The largest absolute Gasteiger partial charge is 0.361 e. The van der Waals surface area contributed by atoms with Gasteiger partial charge in [-0.1, -0.05) is 45.4 Å². The van der Waals surface area contributed by atoms with E-state index >= 15 is 0 Å². The molecule has 1 heterocycles. The van der Waals surface area contributed by atoms with E-state index in [0.29, 0.717) is 5.41 Å². The lowest BCUT2D eigenvalue weighted by Crippen LogP contribution is -2.10. The average Bonchev–Trinajstić information content (AvgIpc) is 2.70. The maximum absolute atomic E-state index is 3.34. The molecule has 2 rings (SSSR count). The lowest BCUT2D eigenvalue weighted by atomic mass is 9.84. The van der Waals surface area contributed by atoms with Gasteiger partial charge in [-0.2, -0.15) is 0 Å². The molecule has 86 valence electrons. The van der Waals surface area contributed by atoms with Gasteiger partial charge >= 0.3 is 0 Å². The standard InChI is InChI=1S/C15H21N/c1-4-15(2,3)10-9-12-11-16-14-8-6-5-7-13(12)14/h5-8,11,16H,4,9-10H2,1-3H3. The molecule has 1 N–H and O–H groups in total. The van der Waals surface area contributed by atoms with E-state index in [1.807, 2.05) is 0 Å². The molecule has 0 aliphatic heterocycles. The average molecular weight is 215 g/mol. The van der Waals surface area contributed by atoms with Crippen molar-refractivity contribution in [2.75, 3.05) is 0 Å². The summed E-state index contributed by atoms with van der Waals surface area (Å²) in [6, 6.07) is 8.55. The molecule has 0 unspecified atom stereocenters. The quantitative estimate of drug-likeness (QED) is 0.771. The van der Waals surface area contributed by atoms with Crippen molar-refractivity contribution < 1.29 is 0 Å². The summed E-state index contributed by atoms with van der Waals surface area (Å²) in [6.07, 6.45) is 5.84. The smallest absolute Gasteiger partial charge is 0.0456 e. The summed E-state index contributed by atoms with van der Waals surface area (Å²) in [5.74, 6) is 0. The number of para-hydroxylation sites is 1. The molecule has 0 fully saturated rings. The predicted octanol–water partition coefficient (Wildman–Crippen LogP) is 4.54. The van der Waals surface area contributed by atoms with E-state index in [2.05, 4.69) is 56.2 Å². The first kappa shape index (κ1) is 11.3. The molecule has 0 spiro atoms. The summed E-state index contributed by atoms with van der Waals surface area (Å²) in [6.45, 7) is 6.97. The van der Waals surface area contributed by atoms with Crippen LogP contribution in [0, 0.1) is 5.41 Å². The van der Waals surface area contributed by atoms with E-state index in [4.69, 9.17) is 0 Å². The number of fused-ring (bicyclic) bond motifs is 1. The van der Waals surface area contributed by atoms with Crippen LogP contribution in [-0.2, 0) is 6.42 Å². The van der Waals surface area contributed by atoms with Gasteiger partial charge in [-0.3, -0.25) is 0 Å². The zero-order valence-electron chi connectivity index (χ0n) is 10.5. The Balaban J connectivity index is 2.16. The molecule has 0 aliphatic carbocycles. The fraction of sp³-hybridized carbons (Fsp3) is 0.467. The molecule has 0 aliphatic rings. The molecule has 0 atom stereocenters.